The molecule has 2 aliphatic rings. The van der Waals surface area contributed by atoms with Crippen LogP contribution in [0.4, 0.5) is 0 Å². The fraction of sp³-hybridized carbons (Fsp3) is 0.654. The van der Waals surface area contributed by atoms with Gasteiger partial charge in [0, 0.05) is 25.4 Å². The van der Waals surface area contributed by atoms with Gasteiger partial charge in [-0.3, -0.25) is 4.79 Å². The van der Waals surface area contributed by atoms with Crippen molar-refractivity contribution in [2.45, 2.75) is 77.1 Å². The molecule has 3 rings (SSSR count). The third kappa shape index (κ3) is 7.65. The summed E-state index contributed by atoms with van der Waals surface area (Å²) in [6.07, 6.45) is 10.1. The molecule has 5 nitrogen and oxygen atoms in total. The number of benzene rings is 1. The summed E-state index contributed by atoms with van der Waals surface area (Å²) in [4.78, 5) is 11.7. The zero-order chi connectivity index (χ0) is 22.1. The Morgan fingerprint density at radius 3 is 2.84 bits per heavy atom. The summed E-state index contributed by atoms with van der Waals surface area (Å²) in [5.74, 6) is 1.79. The van der Waals surface area contributed by atoms with Gasteiger partial charge in [0.2, 0.25) is 0 Å². The summed E-state index contributed by atoms with van der Waals surface area (Å²) in [5, 5.41) is 10.6. The highest BCUT2D eigenvalue weighted by Gasteiger charge is 2.43. The third-order valence-electron chi connectivity index (χ3n) is 6.36. The Bertz CT molecular complexity index is 686. The van der Waals surface area contributed by atoms with Crippen molar-refractivity contribution >= 4 is 5.97 Å². The third-order valence-corrected chi connectivity index (χ3v) is 6.36. The summed E-state index contributed by atoms with van der Waals surface area (Å²) in [5.41, 5.74) is 0. The Morgan fingerprint density at radius 1 is 1.26 bits per heavy atom. The van der Waals surface area contributed by atoms with E-state index in [9.17, 15) is 9.90 Å². The summed E-state index contributed by atoms with van der Waals surface area (Å²) in [6, 6.07) is 9.83. The molecule has 2 fully saturated rings. The molecular formula is C26H38O5. The van der Waals surface area contributed by atoms with Gasteiger partial charge in [-0.15, -0.1) is 0 Å². The topological polar surface area (TPSA) is 65.0 Å². The second-order valence-corrected chi connectivity index (χ2v) is 9.17. The number of carbonyl (C=O) groups excluding carboxylic acids is 1. The zero-order valence-electron chi connectivity index (χ0n) is 18.9. The first-order valence-electron chi connectivity index (χ1n) is 11.9. The molecular weight excluding hydrogens is 392 g/mol. The van der Waals surface area contributed by atoms with Crippen LogP contribution in [0, 0.1) is 17.8 Å². The molecule has 31 heavy (non-hydrogen) atoms. The van der Waals surface area contributed by atoms with Crippen LogP contribution in [0.1, 0.15) is 58.8 Å². The van der Waals surface area contributed by atoms with Crippen LogP contribution < -0.4 is 4.74 Å². The summed E-state index contributed by atoms with van der Waals surface area (Å²) < 4.78 is 17.2. The first-order valence-corrected chi connectivity index (χ1v) is 11.9. The SMILES string of the molecule is CC(C)OC(=O)CCC[C@H]1CC[C@@H]2[C@@H](/C=C/CCOc3ccccc3)[C@H](O)C[C@@H]2OC1. The number of ether oxygens (including phenoxy) is 3. The number of rotatable bonds is 10. The number of carbonyl (C=O) groups is 1. The maximum absolute atomic E-state index is 11.7. The molecule has 1 N–H and O–H groups in total. The Kier molecular flexibility index (Phi) is 9.41. The number of aliphatic hydroxyl groups excluding tert-OH is 1. The van der Waals surface area contributed by atoms with E-state index in [1.807, 2.05) is 44.2 Å². The fourth-order valence-corrected chi connectivity index (χ4v) is 4.81. The molecule has 0 unspecified atom stereocenters. The lowest BCUT2D eigenvalue weighted by Crippen LogP contribution is -2.21. The van der Waals surface area contributed by atoms with Crippen LogP contribution in [0.3, 0.4) is 0 Å². The van der Waals surface area contributed by atoms with Crippen molar-refractivity contribution in [1.29, 1.82) is 0 Å². The number of esters is 1. The highest BCUT2D eigenvalue weighted by atomic mass is 16.5. The monoisotopic (exact) mass is 430 g/mol. The van der Waals surface area contributed by atoms with Gasteiger partial charge in [-0.1, -0.05) is 30.4 Å². The number of para-hydroxylation sites is 1. The Morgan fingerprint density at radius 2 is 2.06 bits per heavy atom. The summed E-state index contributed by atoms with van der Waals surface area (Å²) in [7, 11) is 0. The molecule has 172 valence electrons. The Labute approximate surface area is 186 Å². The molecule has 1 heterocycles. The summed E-state index contributed by atoms with van der Waals surface area (Å²) >= 11 is 0. The van der Waals surface area contributed by atoms with E-state index in [2.05, 4.69) is 12.2 Å². The molecule has 0 bridgehead atoms. The van der Waals surface area contributed by atoms with Crippen molar-refractivity contribution in [1.82, 2.24) is 0 Å². The molecule has 1 aliphatic carbocycles. The van der Waals surface area contributed by atoms with Crippen LogP contribution in [-0.2, 0) is 14.3 Å². The molecule has 1 saturated carbocycles. The lowest BCUT2D eigenvalue weighted by atomic mass is 9.86. The van der Waals surface area contributed by atoms with Crippen LogP contribution >= 0.6 is 0 Å². The zero-order valence-corrected chi connectivity index (χ0v) is 18.9. The molecule has 1 aliphatic heterocycles. The highest BCUT2D eigenvalue weighted by Crippen LogP contribution is 2.42. The first kappa shape index (κ1) is 23.8. The molecule has 0 spiro atoms. The minimum absolute atomic E-state index is 0.0468. The van der Waals surface area contributed by atoms with Crippen molar-refractivity contribution in [2.24, 2.45) is 17.8 Å². The van der Waals surface area contributed by atoms with E-state index in [1.165, 1.54) is 0 Å². The highest BCUT2D eigenvalue weighted by molar-refractivity contribution is 5.69. The van der Waals surface area contributed by atoms with Gasteiger partial charge in [0.1, 0.15) is 5.75 Å². The summed E-state index contributed by atoms with van der Waals surface area (Å²) in [6.45, 7) is 5.13. The molecule has 0 amide bonds. The van der Waals surface area contributed by atoms with Gasteiger partial charge < -0.3 is 19.3 Å². The molecule has 1 saturated heterocycles. The minimum Gasteiger partial charge on any atom is -0.493 e. The van der Waals surface area contributed by atoms with Crippen LogP contribution in [0.15, 0.2) is 42.5 Å². The average Bonchev–Trinajstić information content (AvgIpc) is 2.90. The second-order valence-electron chi connectivity index (χ2n) is 9.17. The molecule has 5 atom stereocenters. The van der Waals surface area contributed by atoms with Gasteiger partial charge in [0.15, 0.2) is 0 Å². The second kappa shape index (κ2) is 12.3. The maximum atomic E-state index is 11.7. The van der Waals surface area contributed by atoms with Gasteiger partial charge in [0.25, 0.3) is 0 Å². The molecule has 0 aromatic heterocycles. The molecule has 0 radical (unpaired) electrons. The normalized spacial score (nSPS) is 28.5. The number of hydrogen-bond acceptors (Lipinski definition) is 5. The predicted molar refractivity (Wildman–Crippen MR) is 121 cm³/mol. The number of fused-ring (bicyclic) bond motifs is 1. The maximum Gasteiger partial charge on any atom is 0.306 e. The standard InChI is InChI=1S/C26H38O5/c1-19(2)31-26(28)13-8-9-20-14-15-23-22(24(27)17-25(23)30-18-20)12-6-7-16-29-21-10-4-3-5-11-21/h3-6,10-12,19-20,22-25,27H,7-9,13-18H2,1-2H3/b12-6+/t20-,22+,23+,24+,25-/m0/s1. The van der Waals surface area contributed by atoms with E-state index in [4.69, 9.17) is 14.2 Å². The number of hydrogen-bond donors (Lipinski definition) is 1. The Hall–Kier alpha value is -1.85. The smallest absolute Gasteiger partial charge is 0.306 e. The van der Waals surface area contributed by atoms with Crippen molar-refractivity contribution < 1.29 is 24.1 Å². The van der Waals surface area contributed by atoms with E-state index < -0.39 is 0 Å². The van der Waals surface area contributed by atoms with Gasteiger partial charge in [-0.05, 0) is 69.9 Å². The van der Waals surface area contributed by atoms with Crippen LogP contribution in [-0.4, -0.2) is 42.6 Å². The fourth-order valence-electron chi connectivity index (χ4n) is 4.81. The Balaban J connectivity index is 1.40. The van der Waals surface area contributed by atoms with Crippen LogP contribution in [0.25, 0.3) is 0 Å². The predicted octanol–water partition coefficient (Wildman–Crippen LogP) is 4.93. The van der Waals surface area contributed by atoms with E-state index >= 15 is 0 Å². The van der Waals surface area contributed by atoms with Crippen molar-refractivity contribution in [2.75, 3.05) is 13.2 Å². The van der Waals surface area contributed by atoms with Crippen LogP contribution in [0.2, 0.25) is 0 Å². The van der Waals surface area contributed by atoms with E-state index in [-0.39, 0.29) is 30.2 Å². The van der Waals surface area contributed by atoms with Crippen molar-refractivity contribution in [3.63, 3.8) is 0 Å². The molecule has 1 aromatic rings. The van der Waals surface area contributed by atoms with E-state index in [0.29, 0.717) is 31.3 Å². The lowest BCUT2D eigenvalue weighted by Gasteiger charge is -2.20. The quantitative estimate of drug-likeness (QED) is 0.324. The largest absolute Gasteiger partial charge is 0.493 e. The van der Waals surface area contributed by atoms with Gasteiger partial charge in [-0.25, -0.2) is 0 Å². The lowest BCUT2D eigenvalue weighted by molar-refractivity contribution is -0.147. The van der Waals surface area contributed by atoms with Gasteiger partial charge >= 0.3 is 5.97 Å². The molecule has 5 heteroatoms. The van der Waals surface area contributed by atoms with Crippen LogP contribution in [0.5, 0.6) is 5.75 Å². The van der Waals surface area contributed by atoms with Crippen molar-refractivity contribution in [3.8, 4) is 5.75 Å². The average molecular weight is 431 g/mol. The van der Waals surface area contributed by atoms with E-state index in [0.717, 1.165) is 44.5 Å². The number of aliphatic hydroxyl groups is 1. The van der Waals surface area contributed by atoms with Crippen molar-refractivity contribution in [3.05, 3.63) is 42.5 Å². The van der Waals surface area contributed by atoms with Gasteiger partial charge in [0.05, 0.1) is 24.9 Å². The van der Waals surface area contributed by atoms with Gasteiger partial charge in [-0.2, -0.15) is 0 Å². The minimum atomic E-state index is -0.330. The molecule has 1 aromatic carbocycles. The van der Waals surface area contributed by atoms with E-state index in [1.54, 1.807) is 0 Å². The first-order chi connectivity index (χ1) is 15.0.